The van der Waals surface area contributed by atoms with Crippen LogP contribution >= 0.6 is 11.6 Å². The summed E-state index contributed by atoms with van der Waals surface area (Å²) in [5.74, 6) is 0.0856. The van der Waals surface area contributed by atoms with Crippen molar-refractivity contribution in [3.8, 4) is 0 Å². The van der Waals surface area contributed by atoms with E-state index in [9.17, 15) is 18.0 Å². The Bertz CT molecular complexity index is 751. The topological polar surface area (TPSA) is 67.2 Å². The number of carbonyl (C=O) groups is 1. The summed E-state index contributed by atoms with van der Waals surface area (Å²) >= 11 is 5.52. The normalized spacial score (nSPS) is 12.1. The Labute approximate surface area is 141 Å². The molecule has 0 bridgehead atoms. The molecule has 0 aliphatic rings. The molecule has 1 aromatic heterocycles. The molecule has 0 unspecified atom stereocenters. The number of alkyl halides is 3. The Hall–Kier alpha value is -2.22. The number of rotatable bonds is 2. The summed E-state index contributed by atoms with van der Waals surface area (Å²) in [6, 6.07) is 3.86. The number of amides is 2. The molecular weight excluding hydrogens is 347 g/mol. The van der Waals surface area contributed by atoms with Crippen molar-refractivity contribution in [3.05, 3.63) is 40.5 Å². The number of aromatic nitrogens is 1. The van der Waals surface area contributed by atoms with Gasteiger partial charge in [-0.15, -0.1) is 0 Å². The molecule has 0 atom stereocenters. The predicted octanol–water partition coefficient (Wildman–Crippen LogP) is 5.29. The van der Waals surface area contributed by atoms with Crippen molar-refractivity contribution < 1.29 is 22.5 Å². The number of nitrogens with one attached hydrogen (secondary N) is 2. The van der Waals surface area contributed by atoms with Gasteiger partial charge in [-0.2, -0.15) is 13.2 Å². The number of benzene rings is 1. The van der Waals surface area contributed by atoms with Gasteiger partial charge in [-0.3, -0.25) is 5.32 Å². The lowest BCUT2D eigenvalue weighted by atomic mass is 9.92. The largest absolute Gasteiger partial charge is 0.417 e. The predicted molar refractivity (Wildman–Crippen MR) is 84.3 cm³/mol. The van der Waals surface area contributed by atoms with E-state index in [-0.39, 0.29) is 17.0 Å². The molecule has 9 heteroatoms. The summed E-state index contributed by atoms with van der Waals surface area (Å²) in [5, 5.41) is 8.02. The van der Waals surface area contributed by atoms with E-state index >= 15 is 0 Å². The van der Waals surface area contributed by atoms with E-state index in [1.54, 1.807) is 6.07 Å². The number of hydrogen-bond acceptors (Lipinski definition) is 3. The van der Waals surface area contributed by atoms with Gasteiger partial charge in [-0.25, -0.2) is 4.79 Å². The van der Waals surface area contributed by atoms with E-state index in [4.69, 9.17) is 16.1 Å². The van der Waals surface area contributed by atoms with Crippen LogP contribution in [0.15, 0.2) is 28.8 Å². The Kier molecular flexibility index (Phi) is 4.80. The van der Waals surface area contributed by atoms with Gasteiger partial charge in [-0.1, -0.05) is 37.5 Å². The van der Waals surface area contributed by atoms with Crippen LogP contribution in [0.4, 0.5) is 29.5 Å². The number of nitrogens with zero attached hydrogens (tertiary/aromatic N) is 1. The lowest BCUT2D eigenvalue weighted by Crippen LogP contribution is -2.19. The van der Waals surface area contributed by atoms with E-state index < -0.39 is 22.8 Å². The average Bonchev–Trinajstić information content (AvgIpc) is 2.88. The van der Waals surface area contributed by atoms with Gasteiger partial charge in [0, 0.05) is 17.2 Å². The van der Waals surface area contributed by atoms with Gasteiger partial charge >= 0.3 is 12.2 Å². The minimum Gasteiger partial charge on any atom is -0.338 e. The zero-order valence-electron chi connectivity index (χ0n) is 13.1. The highest BCUT2D eigenvalue weighted by atomic mass is 35.5. The van der Waals surface area contributed by atoms with Crippen molar-refractivity contribution in [1.29, 1.82) is 0 Å². The first kappa shape index (κ1) is 18.1. The lowest BCUT2D eigenvalue weighted by Gasteiger charge is -2.12. The monoisotopic (exact) mass is 361 g/mol. The Morgan fingerprint density at radius 3 is 2.38 bits per heavy atom. The lowest BCUT2D eigenvalue weighted by molar-refractivity contribution is -0.137. The average molecular weight is 362 g/mol. The van der Waals surface area contributed by atoms with Crippen LogP contribution in [0.1, 0.15) is 32.0 Å². The Morgan fingerprint density at radius 1 is 1.17 bits per heavy atom. The highest BCUT2D eigenvalue weighted by Crippen LogP contribution is 2.36. The van der Waals surface area contributed by atoms with Gasteiger partial charge in [0.2, 0.25) is 5.88 Å². The minimum absolute atomic E-state index is 0.0558. The molecule has 0 aliphatic carbocycles. The second-order valence-corrected chi connectivity index (χ2v) is 6.51. The van der Waals surface area contributed by atoms with Crippen molar-refractivity contribution in [1.82, 2.24) is 5.16 Å². The maximum atomic E-state index is 12.8. The van der Waals surface area contributed by atoms with Gasteiger partial charge < -0.3 is 9.84 Å². The second kappa shape index (κ2) is 6.35. The summed E-state index contributed by atoms with van der Waals surface area (Å²) in [7, 11) is 0. The Morgan fingerprint density at radius 2 is 1.83 bits per heavy atom. The molecule has 2 N–H and O–H groups in total. The van der Waals surface area contributed by atoms with Crippen LogP contribution in [0.3, 0.4) is 0 Å². The molecule has 0 aliphatic heterocycles. The quantitative estimate of drug-likeness (QED) is 0.763. The van der Waals surface area contributed by atoms with E-state index in [1.165, 1.54) is 6.07 Å². The summed E-state index contributed by atoms with van der Waals surface area (Å²) in [5.41, 5.74) is -0.724. The zero-order valence-corrected chi connectivity index (χ0v) is 13.8. The number of carbonyl (C=O) groups excluding carboxylic acids is 1. The molecule has 0 fully saturated rings. The third-order valence-electron chi connectivity index (χ3n) is 3.04. The van der Waals surface area contributed by atoms with Crippen molar-refractivity contribution in [2.45, 2.75) is 32.4 Å². The summed E-state index contributed by atoms with van der Waals surface area (Å²) in [6.07, 6.45) is -4.61. The zero-order chi connectivity index (χ0) is 18.1. The standard InChI is InChI=1S/C15H15ClF3N3O2/c1-14(2,3)11-7-12(24-22-11)21-13(23)20-8-4-5-10(16)9(6-8)15(17,18)19/h4-7H,1-3H3,(H2,20,21,23). The van der Waals surface area contributed by atoms with Crippen LogP contribution in [0.25, 0.3) is 0 Å². The van der Waals surface area contributed by atoms with Gasteiger partial charge in [0.25, 0.3) is 0 Å². The third-order valence-corrected chi connectivity index (χ3v) is 3.37. The maximum Gasteiger partial charge on any atom is 0.417 e. The van der Waals surface area contributed by atoms with Gasteiger partial charge in [-0.05, 0) is 18.2 Å². The smallest absolute Gasteiger partial charge is 0.338 e. The number of hydrogen-bond donors (Lipinski definition) is 2. The van der Waals surface area contributed by atoms with Gasteiger partial charge in [0.1, 0.15) is 0 Å². The van der Waals surface area contributed by atoms with Crippen LogP contribution in [-0.2, 0) is 11.6 Å². The number of urea groups is 1. The van der Waals surface area contributed by atoms with Crippen LogP contribution in [0.5, 0.6) is 0 Å². The van der Waals surface area contributed by atoms with Gasteiger partial charge in [0.05, 0.1) is 16.3 Å². The molecule has 2 aromatic rings. The highest BCUT2D eigenvalue weighted by Gasteiger charge is 2.33. The van der Waals surface area contributed by atoms with Crippen molar-refractivity contribution in [2.24, 2.45) is 0 Å². The maximum absolute atomic E-state index is 12.8. The highest BCUT2D eigenvalue weighted by molar-refractivity contribution is 6.31. The van der Waals surface area contributed by atoms with Crippen LogP contribution in [0.2, 0.25) is 5.02 Å². The van der Waals surface area contributed by atoms with E-state index in [2.05, 4.69) is 15.8 Å². The SMILES string of the molecule is CC(C)(C)c1cc(NC(=O)Nc2ccc(Cl)c(C(F)(F)F)c2)on1. The fourth-order valence-corrected chi connectivity index (χ4v) is 2.01. The molecule has 5 nitrogen and oxygen atoms in total. The van der Waals surface area contributed by atoms with Gasteiger partial charge in [0.15, 0.2) is 0 Å². The van der Waals surface area contributed by atoms with Crippen molar-refractivity contribution >= 4 is 29.2 Å². The fraction of sp³-hybridized carbons (Fsp3) is 0.333. The van der Waals surface area contributed by atoms with E-state index in [0.29, 0.717) is 5.69 Å². The number of halogens is 4. The molecule has 0 spiro atoms. The molecule has 2 rings (SSSR count). The molecular formula is C15H15ClF3N3O2. The number of anilines is 2. The third kappa shape index (κ3) is 4.41. The molecule has 2 amide bonds. The van der Waals surface area contributed by atoms with Crippen LogP contribution in [-0.4, -0.2) is 11.2 Å². The molecule has 0 saturated carbocycles. The Balaban J connectivity index is 2.09. The first-order valence-corrected chi connectivity index (χ1v) is 7.26. The molecule has 1 aromatic carbocycles. The molecule has 130 valence electrons. The minimum atomic E-state index is -4.61. The molecule has 1 heterocycles. The van der Waals surface area contributed by atoms with Crippen molar-refractivity contribution in [2.75, 3.05) is 10.6 Å². The first-order chi connectivity index (χ1) is 11.0. The second-order valence-electron chi connectivity index (χ2n) is 6.10. The summed E-state index contributed by atoms with van der Waals surface area (Å²) in [6.45, 7) is 5.75. The summed E-state index contributed by atoms with van der Waals surface area (Å²) < 4.78 is 43.3. The van der Waals surface area contributed by atoms with Crippen molar-refractivity contribution in [3.63, 3.8) is 0 Å². The summed E-state index contributed by atoms with van der Waals surface area (Å²) in [4.78, 5) is 11.9. The van der Waals surface area contributed by atoms with Crippen LogP contribution in [0, 0.1) is 0 Å². The van der Waals surface area contributed by atoms with Crippen LogP contribution < -0.4 is 10.6 Å². The molecule has 0 saturated heterocycles. The van der Waals surface area contributed by atoms with E-state index in [0.717, 1.165) is 12.1 Å². The van der Waals surface area contributed by atoms with E-state index in [1.807, 2.05) is 20.8 Å². The first-order valence-electron chi connectivity index (χ1n) is 6.89. The molecule has 24 heavy (non-hydrogen) atoms. The molecule has 0 radical (unpaired) electrons. The fourth-order valence-electron chi connectivity index (χ4n) is 1.78.